The molecule has 7 heteroatoms. The highest BCUT2D eigenvalue weighted by Gasteiger charge is 2.26. The number of hydrogen-bond acceptors (Lipinski definition) is 5. The first-order valence-electron chi connectivity index (χ1n) is 10.2. The summed E-state index contributed by atoms with van der Waals surface area (Å²) in [4.78, 5) is 14.0. The lowest BCUT2D eigenvalue weighted by Gasteiger charge is -2.31. The number of nitrogens with zero attached hydrogens (tertiary/aromatic N) is 3. The fourth-order valence-electron chi connectivity index (χ4n) is 4.20. The smallest absolute Gasteiger partial charge is 0.231 e. The van der Waals surface area contributed by atoms with Crippen LogP contribution in [-0.2, 0) is 11.3 Å². The lowest BCUT2D eigenvalue weighted by atomic mass is 9.97. The van der Waals surface area contributed by atoms with Crippen LogP contribution < -0.4 is 15.2 Å². The fourth-order valence-corrected chi connectivity index (χ4v) is 4.20. The molecule has 3 aromatic rings. The minimum atomic E-state index is -0.212. The molecule has 0 unspecified atom stereocenters. The first-order chi connectivity index (χ1) is 14.7. The molecule has 1 amide bonds. The second-order valence-corrected chi connectivity index (χ2v) is 7.83. The van der Waals surface area contributed by atoms with Gasteiger partial charge in [0.25, 0.3) is 0 Å². The third kappa shape index (κ3) is 3.64. The van der Waals surface area contributed by atoms with Crippen LogP contribution in [0, 0.1) is 5.92 Å². The van der Waals surface area contributed by atoms with E-state index in [-0.39, 0.29) is 18.6 Å². The second-order valence-electron chi connectivity index (χ2n) is 7.83. The second kappa shape index (κ2) is 7.84. The van der Waals surface area contributed by atoms with Crippen LogP contribution in [0.3, 0.4) is 0 Å². The summed E-state index contributed by atoms with van der Waals surface area (Å²) < 4.78 is 12.9. The van der Waals surface area contributed by atoms with Crippen molar-refractivity contribution in [3.63, 3.8) is 0 Å². The summed E-state index contributed by atoms with van der Waals surface area (Å²) in [5.74, 6) is 1.19. The highest BCUT2D eigenvalue weighted by atomic mass is 16.7. The van der Waals surface area contributed by atoms with Gasteiger partial charge >= 0.3 is 0 Å². The SMILES string of the molecule is NC(=O)[C@H]1CCCN(Cc2cn(-c3ccccc3)nc2-c2ccc3c(c2)OCO3)C1. The van der Waals surface area contributed by atoms with Crippen LogP contribution in [-0.4, -0.2) is 40.5 Å². The summed E-state index contributed by atoms with van der Waals surface area (Å²) in [6.07, 6.45) is 3.91. The molecule has 0 radical (unpaired) electrons. The maximum atomic E-state index is 11.7. The van der Waals surface area contributed by atoms with Gasteiger partial charge in [-0.25, -0.2) is 4.68 Å². The Hall–Kier alpha value is -3.32. The number of primary amides is 1. The van der Waals surface area contributed by atoms with Gasteiger partial charge in [0, 0.05) is 30.4 Å². The van der Waals surface area contributed by atoms with E-state index >= 15 is 0 Å². The molecule has 7 nitrogen and oxygen atoms in total. The number of carbonyl (C=O) groups is 1. The lowest BCUT2D eigenvalue weighted by molar-refractivity contribution is -0.123. The Balaban J connectivity index is 1.50. The van der Waals surface area contributed by atoms with Gasteiger partial charge in [0.15, 0.2) is 11.5 Å². The number of fused-ring (bicyclic) bond motifs is 1. The third-order valence-electron chi connectivity index (χ3n) is 5.76. The normalized spacial score (nSPS) is 18.5. The molecule has 1 fully saturated rings. The Morgan fingerprint density at radius 3 is 2.80 bits per heavy atom. The standard InChI is InChI=1S/C23H24N4O3/c24-23(28)17-5-4-10-26(12-17)13-18-14-27(19-6-2-1-3-7-19)25-22(18)16-8-9-20-21(11-16)30-15-29-20/h1-3,6-9,11,14,17H,4-5,10,12-13,15H2,(H2,24,28)/t17-/m0/s1. The number of para-hydroxylation sites is 1. The third-order valence-corrected chi connectivity index (χ3v) is 5.76. The van der Waals surface area contributed by atoms with Gasteiger partial charge in [-0.15, -0.1) is 0 Å². The zero-order valence-corrected chi connectivity index (χ0v) is 16.7. The highest BCUT2D eigenvalue weighted by molar-refractivity contribution is 5.77. The van der Waals surface area contributed by atoms with Crippen molar-refractivity contribution in [2.45, 2.75) is 19.4 Å². The number of carbonyl (C=O) groups excluding carboxylic acids is 1. The van der Waals surface area contributed by atoms with Crippen molar-refractivity contribution in [3.05, 3.63) is 60.3 Å². The van der Waals surface area contributed by atoms with Crippen molar-refractivity contribution in [2.75, 3.05) is 19.9 Å². The van der Waals surface area contributed by atoms with E-state index in [0.717, 1.165) is 53.4 Å². The van der Waals surface area contributed by atoms with Gasteiger partial charge in [0.1, 0.15) is 0 Å². The number of benzene rings is 2. The van der Waals surface area contributed by atoms with Crippen LogP contribution >= 0.6 is 0 Å². The highest BCUT2D eigenvalue weighted by Crippen LogP contribution is 2.37. The maximum Gasteiger partial charge on any atom is 0.231 e. The molecule has 0 spiro atoms. The van der Waals surface area contributed by atoms with Crippen LogP contribution in [0.25, 0.3) is 16.9 Å². The molecule has 5 rings (SSSR count). The number of amides is 1. The Morgan fingerprint density at radius 1 is 1.13 bits per heavy atom. The quantitative estimate of drug-likeness (QED) is 0.707. The number of hydrogen-bond donors (Lipinski definition) is 1. The van der Waals surface area contributed by atoms with Crippen molar-refractivity contribution in [1.82, 2.24) is 14.7 Å². The summed E-state index contributed by atoms with van der Waals surface area (Å²) in [5, 5.41) is 4.90. The number of likely N-dealkylation sites (tertiary alicyclic amines) is 1. The Labute approximate surface area is 175 Å². The van der Waals surface area contributed by atoms with E-state index in [2.05, 4.69) is 11.1 Å². The molecule has 0 bridgehead atoms. The molecular weight excluding hydrogens is 380 g/mol. The van der Waals surface area contributed by atoms with E-state index in [1.54, 1.807) is 0 Å². The average Bonchev–Trinajstić information content (AvgIpc) is 3.41. The minimum absolute atomic E-state index is 0.0862. The first-order valence-corrected chi connectivity index (χ1v) is 10.2. The molecular formula is C23H24N4O3. The van der Waals surface area contributed by atoms with Gasteiger partial charge < -0.3 is 15.2 Å². The Kier molecular flexibility index (Phi) is 4.88. The van der Waals surface area contributed by atoms with Crippen LogP contribution in [0.5, 0.6) is 11.5 Å². The van der Waals surface area contributed by atoms with Crippen LogP contribution in [0.2, 0.25) is 0 Å². The zero-order valence-electron chi connectivity index (χ0n) is 16.7. The average molecular weight is 404 g/mol. The topological polar surface area (TPSA) is 82.6 Å². The largest absolute Gasteiger partial charge is 0.454 e. The number of piperidine rings is 1. The van der Waals surface area contributed by atoms with Crippen molar-refractivity contribution < 1.29 is 14.3 Å². The summed E-state index contributed by atoms with van der Waals surface area (Å²) in [6, 6.07) is 16.0. The maximum absolute atomic E-state index is 11.7. The van der Waals surface area contributed by atoms with Crippen molar-refractivity contribution in [3.8, 4) is 28.4 Å². The predicted octanol–water partition coefficient (Wildman–Crippen LogP) is 2.97. The molecule has 0 saturated carbocycles. The van der Waals surface area contributed by atoms with E-state index in [9.17, 15) is 4.79 Å². The molecule has 1 aromatic heterocycles. The summed E-state index contributed by atoms with van der Waals surface area (Å²) in [7, 11) is 0. The fraction of sp³-hybridized carbons (Fsp3) is 0.304. The summed E-state index contributed by atoms with van der Waals surface area (Å²) in [6.45, 7) is 2.58. The summed E-state index contributed by atoms with van der Waals surface area (Å²) in [5.41, 5.74) is 9.55. The van der Waals surface area contributed by atoms with Gasteiger partial charge in [0.05, 0.1) is 17.3 Å². The molecule has 2 aliphatic rings. The number of nitrogens with two attached hydrogens (primary N) is 1. The number of rotatable bonds is 5. The van der Waals surface area contributed by atoms with Crippen LogP contribution in [0.1, 0.15) is 18.4 Å². The minimum Gasteiger partial charge on any atom is -0.454 e. The first kappa shape index (κ1) is 18.7. The molecule has 2 aliphatic heterocycles. The van der Waals surface area contributed by atoms with Crippen molar-refractivity contribution in [2.24, 2.45) is 11.7 Å². The predicted molar refractivity (Wildman–Crippen MR) is 112 cm³/mol. The molecule has 0 aliphatic carbocycles. The Morgan fingerprint density at radius 2 is 1.97 bits per heavy atom. The molecule has 1 atom stereocenters. The van der Waals surface area contributed by atoms with Crippen LogP contribution in [0.4, 0.5) is 0 Å². The molecule has 2 N–H and O–H groups in total. The van der Waals surface area contributed by atoms with Gasteiger partial charge in [-0.2, -0.15) is 5.10 Å². The van der Waals surface area contributed by atoms with E-state index in [4.69, 9.17) is 20.3 Å². The molecule has 154 valence electrons. The van der Waals surface area contributed by atoms with Gasteiger partial charge in [0.2, 0.25) is 12.7 Å². The van der Waals surface area contributed by atoms with E-state index in [1.165, 1.54) is 0 Å². The monoisotopic (exact) mass is 404 g/mol. The van der Waals surface area contributed by atoms with Crippen LogP contribution in [0.15, 0.2) is 54.7 Å². The van der Waals surface area contributed by atoms with Gasteiger partial charge in [-0.05, 0) is 49.7 Å². The van der Waals surface area contributed by atoms with Crippen molar-refractivity contribution in [1.29, 1.82) is 0 Å². The Bertz CT molecular complexity index is 1060. The summed E-state index contributed by atoms with van der Waals surface area (Å²) >= 11 is 0. The lowest BCUT2D eigenvalue weighted by Crippen LogP contribution is -2.40. The molecule has 3 heterocycles. The van der Waals surface area contributed by atoms with E-state index in [1.807, 2.05) is 53.2 Å². The van der Waals surface area contributed by atoms with Gasteiger partial charge in [-0.3, -0.25) is 9.69 Å². The number of ether oxygens (including phenoxy) is 2. The van der Waals surface area contributed by atoms with E-state index in [0.29, 0.717) is 13.1 Å². The zero-order chi connectivity index (χ0) is 20.5. The van der Waals surface area contributed by atoms with Crippen molar-refractivity contribution >= 4 is 5.91 Å². The molecule has 30 heavy (non-hydrogen) atoms. The number of aromatic nitrogens is 2. The van der Waals surface area contributed by atoms with E-state index < -0.39 is 0 Å². The molecule has 1 saturated heterocycles. The molecule has 2 aromatic carbocycles. The van der Waals surface area contributed by atoms with Gasteiger partial charge in [-0.1, -0.05) is 18.2 Å².